The van der Waals surface area contributed by atoms with Crippen LogP contribution >= 0.6 is 11.3 Å². The van der Waals surface area contributed by atoms with E-state index >= 15 is 0 Å². The fraction of sp³-hybridized carbons (Fsp3) is 0.765. The molecule has 3 unspecified atom stereocenters. The monoisotopic (exact) mass is 294 g/mol. The van der Waals surface area contributed by atoms with Gasteiger partial charge >= 0.3 is 0 Å². The second-order valence-corrected chi connectivity index (χ2v) is 7.69. The van der Waals surface area contributed by atoms with Crippen LogP contribution < -0.4 is 5.73 Å². The molecular formula is C17H30N2S. The maximum absolute atomic E-state index is 6.32. The van der Waals surface area contributed by atoms with Gasteiger partial charge in [-0.05, 0) is 50.1 Å². The minimum Gasteiger partial charge on any atom is -0.329 e. The highest BCUT2D eigenvalue weighted by molar-refractivity contribution is 7.10. The number of likely N-dealkylation sites (N-methyl/N-ethyl adjacent to an activating group) is 1. The molecule has 1 saturated carbocycles. The van der Waals surface area contributed by atoms with E-state index in [1.807, 2.05) is 11.3 Å². The Hall–Kier alpha value is -0.380. The molecule has 0 spiro atoms. The van der Waals surface area contributed by atoms with E-state index in [0.29, 0.717) is 17.9 Å². The zero-order chi connectivity index (χ0) is 14.8. The minimum atomic E-state index is 0.176. The lowest BCUT2D eigenvalue weighted by Gasteiger charge is -2.53. The molecule has 0 saturated heterocycles. The molecule has 0 radical (unpaired) electrons. The Morgan fingerprint density at radius 3 is 2.70 bits per heavy atom. The molecule has 114 valence electrons. The average molecular weight is 295 g/mol. The number of nitrogens with zero attached hydrogens (tertiary/aromatic N) is 1. The predicted octanol–water partition coefficient (Wildman–Crippen LogP) is 4.28. The third kappa shape index (κ3) is 2.81. The molecule has 2 nitrogen and oxygen atoms in total. The quantitative estimate of drug-likeness (QED) is 0.878. The van der Waals surface area contributed by atoms with E-state index in [4.69, 9.17) is 5.73 Å². The van der Waals surface area contributed by atoms with Crippen LogP contribution in [0.3, 0.4) is 0 Å². The van der Waals surface area contributed by atoms with Gasteiger partial charge in [-0.2, -0.15) is 0 Å². The number of thiophene rings is 1. The van der Waals surface area contributed by atoms with Gasteiger partial charge < -0.3 is 5.73 Å². The first kappa shape index (κ1) is 16.0. The Bertz CT molecular complexity index is 401. The SMILES string of the molecule is CC(C)C1CCCCC1(CN)N(C)C(C)c1cccs1. The van der Waals surface area contributed by atoms with Gasteiger partial charge in [-0.15, -0.1) is 11.3 Å². The highest BCUT2D eigenvalue weighted by atomic mass is 32.1. The van der Waals surface area contributed by atoms with Gasteiger partial charge in [0.25, 0.3) is 0 Å². The van der Waals surface area contributed by atoms with Crippen LogP contribution in [-0.4, -0.2) is 24.0 Å². The van der Waals surface area contributed by atoms with Crippen molar-refractivity contribution < 1.29 is 0 Å². The van der Waals surface area contributed by atoms with Crippen molar-refractivity contribution in [3.05, 3.63) is 22.4 Å². The fourth-order valence-electron chi connectivity index (χ4n) is 4.14. The molecule has 0 aliphatic heterocycles. The molecule has 1 fully saturated rings. The summed E-state index contributed by atoms with van der Waals surface area (Å²) in [6.45, 7) is 7.84. The van der Waals surface area contributed by atoms with Crippen molar-refractivity contribution in [2.45, 2.75) is 58.0 Å². The molecule has 0 amide bonds. The molecule has 1 aromatic rings. The lowest BCUT2D eigenvalue weighted by molar-refractivity contribution is -0.0188. The smallest absolute Gasteiger partial charge is 0.0416 e. The zero-order valence-corrected chi connectivity index (χ0v) is 14.2. The normalized spacial score (nSPS) is 29.1. The number of nitrogens with two attached hydrogens (primary N) is 1. The number of hydrogen-bond acceptors (Lipinski definition) is 3. The molecule has 1 aliphatic carbocycles. The third-order valence-electron chi connectivity index (χ3n) is 5.46. The highest BCUT2D eigenvalue weighted by Gasteiger charge is 2.45. The van der Waals surface area contributed by atoms with E-state index in [0.717, 1.165) is 6.54 Å². The Labute approximate surface area is 128 Å². The average Bonchev–Trinajstić information content (AvgIpc) is 2.99. The van der Waals surface area contributed by atoms with Crippen molar-refractivity contribution in [2.24, 2.45) is 17.6 Å². The largest absolute Gasteiger partial charge is 0.329 e. The van der Waals surface area contributed by atoms with Crippen molar-refractivity contribution in [1.82, 2.24) is 4.90 Å². The summed E-state index contributed by atoms with van der Waals surface area (Å²) >= 11 is 1.86. The molecule has 1 heterocycles. The predicted molar refractivity (Wildman–Crippen MR) is 89.1 cm³/mol. The number of hydrogen-bond donors (Lipinski definition) is 1. The lowest BCUT2D eigenvalue weighted by Crippen LogP contribution is -2.60. The molecule has 20 heavy (non-hydrogen) atoms. The fourth-order valence-corrected chi connectivity index (χ4v) is 4.97. The first-order valence-electron chi connectivity index (χ1n) is 7.99. The lowest BCUT2D eigenvalue weighted by atomic mass is 9.66. The Morgan fingerprint density at radius 2 is 2.15 bits per heavy atom. The third-order valence-corrected chi connectivity index (χ3v) is 6.50. The van der Waals surface area contributed by atoms with E-state index in [1.165, 1.54) is 30.6 Å². The molecule has 3 heteroatoms. The topological polar surface area (TPSA) is 29.3 Å². The maximum Gasteiger partial charge on any atom is 0.0416 e. The first-order valence-corrected chi connectivity index (χ1v) is 8.87. The second-order valence-electron chi connectivity index (χ2n) is 6.71. The Morgan fingerprint density at radius 1 is 1.40 bits per heavy atom. The van der Waals surface area contributed by atoms with Crippen LogP contribution in [0.2, 0.25) is 0 Å². The summed E-state index contributed by atoms with van der Waals surface area (Å²) in [5.74, 6) is 1.42. The van der Waals surface area contributed by atoms with Crippen LogP contribution in [0.15, 0.2) is 17.5 Å². The van der Waals surface area contributed by atoms with Crippen LogP contribution in [0.5, 0.6) is 0 Å². The number of rotatable bonds is 5. The molecule has 3 atom stereocenters. The van der Waals surface area contributed by atoms with Crippen LogP contribution in [0, 0.1) is 11.8 Å². The van der Waals surface area contributed by atoms with Gasteiger partial charge in [0.1, 0.15) is 0 Å². The molecular weight excluding hydrogens is 264 g/mol. The maximum atomic E-state index is 6.32. The van der Waals surface area contributed by atoms with E-state index in [2.05, 4.69) is 50.2 Å². The van der Waals surface area contributed by atoms with Gasteiger partial charge in [0.15, 0.2) is 0 Å². The van der Waals surface area contributed by atoms with Gasteiger partial charge in [-0.25, -0.2) is 0 Å². The summed E-state index contributed by atoms with van der Waals surface area (Å²) in [6, 6.07) is 4.86. The molecule has 1 aromatic heterocycles. The van der Waals surface area contributed by atoms with Gasteiger partial charge in [0.2, 0.25) is 0 Å². The summed E-state index contributed by atoms with van der Waals surface area (Å²) in [5, 5.41) is 2.18. The van der Waals surface area contributed by atoms with Gasteiger partial charge in [-0.1, -0.05) is 32.8 Å². The summed E-state index contributed by atoms with van der Waals surface area (Å²) in [5.41, 5.74) is 6.50. The summed E-state index contributed by atoms with van der Waals surface area (Å²) in [6.07, 6.45) is 5.27. The van der Waals surface area contributed by atoms with E-state index < -0.39 is 0 Å². The van der Waals surface area contributed by atoms with Crippen LogP contribution in [0.4, 0.5) is 0 Å². The van der Waals surface area contributed by atoms with E-state index in [1.54, 1.807) is 0 Å². The van der Waals surface area contributed by atoms with Gasteiger partial charge in [0.05, 0.1) is 0 Å². The van der Waals surface area contributed by atoms with E-state index in [-0.39, 0.29) is 5.54 Å². The molecule has 2 rings (SSSR count). The van der Waals surface area contributed by atoms with Gasteiger partial charge in [0, 0.05) is 23.0 Å². The van der Waals surface area contributed by atoms with Gasteiger partial charge in [-0.3, -0.25) is 4.90 Å². The molecule has 2 N–H and O–H groups in total. The van der Waals surface area contributed by atoms with E-state index in [9.17, 15) is 0 Å². The molecule has 1 aliphatic rings. The van der Waals surface area contributed by atoms with Crippen LogP contribution in [0.25, 0.3) is 0 Å². The highest BCUT2D eigenvalue weighted by Crippen LogP contribution is 2.44. The summed E-state index contributed by atoms with van der Waals surface area (Å²) in [7, 11) is 2.29. The summed E-state index contributed by atoms with van der Waals surface area (Å²) in [4.78, 5) is 4.04. The van der Waals surface area contributed by atoms with Crippen molar-refractivity contribution in [1.29, 1.82) is 0 Å². The van der Waals surface area contributed by atoms with Crippen LogP contribution in [-0.2, 0) is 0 Å². The Balaban J connectivity index is 2.28. The second kappa shape index (κ2) is 6.59. The minimum absolute atomic E-state index is 0.176. The first-order chi connectivity index (χ1) is 9.53. The zero-order valence-electron chi connectivity index (χ0n) is 13.4. The van der Waals surface area contributed by atoms with Crippen molar-refractivity contribution in [3.8, 4) is 0 Å². The van der Waals surface area contributed by atoms with Crippen molar-refractivity contribution in [3.63, 3.8) is 0 Å². The standard InChI is InChI=1S/C17H30N2S/c1-13(2)15-8-5-6-10-17(15,12-18)19(4)14(3)16-9-7-11-20-16/h7,9,11,13-15H,5-6,8,10,12,18H2,1-4H3. The van der Waals surface area contributed by atoms with Crippen molar-refractivity contribution >= 4 is 11.3 Å². The van der Waals surface area contributed by atoms with Crippen molar-refractivity contribution in [2.75, 3.05) is 13.6 Å². The molecule has 0 aromatic carbocycles. The molecule has 0 bridgehead atoms. The summed E-state index contributed by atoms with van der Waals surface area (Å²) < 4.78 is 0. The Kier molecular flexibility index (Phi) is 5.27. The van der Waals surface area contributed by atoms with Crippen LogP contribution in [0.1, 0.15) is 57.4 Å².